The number of fused-ring (bicyclic) bond motifs is 3. The van der Waals surface area contributed by atoms with Gasteiger partial charge in [0, 0.05) is 132 Å². The first kappa shape index (κ1) is 75.3. The number of benzene rings is 2. The molecule has 3 aliphatic carbocycles. The molecule has 0 aromatic heterocycles. The number of aliphatic hydroxyl groups is 2. The molecule has 22 nitrogen and oxygen atoms in total. The first-order valence-electron chi connectivity index (χ1n) is 32.4. The Morgan fingerprint density at radius 3 is 0.552 bits per heavy atom. The zero-order valence-corrected chi connectivity index (χ0v) is 56.3. The molecular weight excluding hydrogens is 1130 g/mol. The van der Waals surface area contributed by atoms with Crippen LogP contribution in [0.3, 0.4) is 0 Å². The monoisotopic (exact) mass is 1240 g/mol. The van der Waals surface area contributed by atoms with E-state index in [0.29, 0.717) is 22.3 Å². The highest BCUT2D eigenvalue weighted by atomic mass is 16.9. The summed E-state index contributed by atoms with van der Waals surface area (Å²) in [4.78, 5) is 0. The minimum atomic E-state index is -3.16. The van der Waals surface area contributed by atoms with Crippen LogP contribution in [0.15, 0.2) is 48.5 Å². The molecule has 22 heteroatoms. The largest absolute Gasteiger partial charge is 0.362 e. The SMILES string of the molecule is CCOC1(O)C(OCC)(OCC)C(OCC)(OCC)C(OCC)(C2(C3(OCC)C(OCC)(OCC)C(OCC)(OCC)C(O)(OCC)C(OCC)(OCC)C3(OCC)OCC)c3ccccc3-c3ccccc32)C(OCC)(OCC)C1(OCC)OCC. The van der Waals surface area contributed by atoms with Gasteiger partial charge in [-0.25, -0.2) is 0 Å². The molecule has 0 bridgehead atoms. The Bertz CT molecular complexity index is 2080. The van der Waals surface area contributed by atoms with Crippen molar-refractivity contribution in [3.8, 4) is 11.1 Å². The highest BCUT2D eigenvalue weighted by Gasteiger charge is 3.09. The van der Waals surface area contributed by atoms with Crippen molar-refractivity contribution in [2.24, 2.45) is 0 Å². The summed E-state index contributed by atoms with van der Waals surface area (Å²) in [7, 11) is 0. The van der Waals surface area contributed by atoms with Crippen molar-refractivity contribution in [1.29, 1.82) is 0 Å². The minimum absolute atomic E-state index is 0.249. The molecule has 502 valence electrons. The molecule has 0 saturated heterocycles. The maximum Gasteiger partial charge on any atom is 0.289 e. The Labute approximate surface area is 519 Å². The van der Waals surface area contributed by atoms with Gasteiger partial charge in [-0.1, -0.05) is 48.5 Å². The summed E-state index contributed by atoms with van der Waals surface area (Å²) in [5.41, 5.74) is -7.17. The maximum absolute atomic E-state index is 15.2. The van der Waals surface area contributed by atoms with Crippen LogP contribution < -0.4 is 0 Å². The third-order valence-corrected chi connectivity index (χ3v) is 16.4. The molecule has 0 atom stereocenters. The van der Waals surface area contributed by atoms with Gasteiger partial charge in [0.1, 0.15) is 5.41 Å². The summed E-state index contributed by atoms with van der Waals surface area (Å²) in [6.45, 7) is 29.4. The number of hydrogen-bond donors (Lipinski definition) is 2. The van der Waals surface area contributed by atoms with Crippen LogP contribution in [0.1, 0.15) is 150 Å². The maximum atomic E-state index is 15.2. The van der Waals surface area contributed by atoms with E-state index < -0.39 is 74.5 Å². The molecule has 2 fully saturated rings. The molecule has 2 aromatic rings. The molecule has 0 unspecified atom stereocenters. The van der Waals surface area contributed by atoms with E-state index in [-0.39, 0.29) is 132 Å². The van der Waals surface area contributed by atoms with E-state index in [1.165, 1.54) is 0 Å². The van der Waals surface area contributed by atoms with Crippen molar-refractivity contribution in [1.82, 2.24) is 0 Å². The molecule has 87 heavy (non-hydrogen) atoms. The van der Waals surface area contributed by atoms with Crippen LogP contribution >= 0.6 is 0 Å². The fourth-order valence-electron chi connectivity index (χ4n) is 15.4. The predicted octanol–water partition coefficient (Wildman–Crippen LogP) is 9.14. The van der Waals surface area contributed by atoms with Gasteiger partial charge >= 0.3 is 0 Å². The zero-order valence-electron chi connectivity index (χ0n) is 56.3. The van der Waals surface area contributed by atoms with Crippen LogP contribution in [-0.4, -0.2) is 211 Å². The molecule has 0 radical (unpaired) electrons. The average molecular weight is 1240 g/mol. The van der Waals surface area contributed by atoms with Crippen LogP contribution in [-0.2, 0) is 100 Å². The van der Waals surface area contributed by atoms with Gasteiger partial charge in [-0.05, 0) is 161 Å². The van der Waals surface area contributed by atoms with Gasteiger partial charge in [0.2, 0.25) is 11.2 Å². The van der Waals surface area contributed by atoms with Gasteiger partial charge in [-0.3, -0.25) is 0 Å². The van der Waals surface area contributed by atoms with E-state index in [1.54, 1.807) is 138 Å². The van der Waals surface area contributed by atoms with E-state index in [4.69, 9.17) is 94.7 Å². The van der Waals surface area contributed by atoms with Crippen molar-refractivity contribution in [2.45, 2.75) is 213 Å². The number of rotatable bonds is 42. The van der Waals surface area contributed by atoms with E-state index in [1.807, 2.05) is 48.5 Å². The molecular formula is C65H110O22. The molecule has 2 aromatic carbocycles. The van der Waals surface area contributed by atoms with Crippen molar-refractivity contribution >= 4 is 0 Å². The van der Waals surface area contributed by atoms with Crippen molar-refractivity contribution in [3.63, 3.8) is 0 Å². The molecule has 2 saturated carbocycles. The summed E-state index contributed by atoms with van der Waals surface area (Å²) < 4.78 is 153. The Kier molecular flexibility index (Phi) is 26.8. The van der Waals surface area contributed by atoms with Gasteiger partial charge in [0.15, 0.2) is 0 Å². The zero-order chi connectivity index (χ0) is 64.8. The van der Waals surface area contributed by atoms with Crippen LogP contribution in [0, 0.1) is 0 Å². The Balaban J connectivity index is 2.79. The fraction of sp³-hybridized carbons (Fsp3) is 0.815. The predicted molar refractivity (Wildman–Crippen MR) is 322 cm³/mol. The number of ether oxygens (including phenoxy) is 20. The lowest BCUT2D eigenvalue weighted by Gasteiger charge is -2.81. The minimum Gasteiger partial charge on any atom is -0.362 e. The van der Waals surface area contributed by atoms with Crippen molar-refractivity contribution in [3.05, 3.63) is 59.7 Å². The van der Waals surface area contributed by atoms with Gasteiger partial charge in [0.05, 0.1) is 0 Å². The smallest absolute Gasteiger partial charge is 0.289 e. The van der Waals surface area contributed by atoms with Crippen LogP contribution in [0.25, 0.3) is 11.1 Å². The molecule has 0 aliphatic heterocycles. The molecule has 2 N–H and O–H groups in total. The second kappa shape index (κ2) is 31.0. The fourth-order valence-corrected chi connectivity index (χ4v) is 15.4. The number of hydrogen-bond acceptors (Lipinski definition) is 22. The van der Waals surface area contributed by atoms with E-state index in [0.717, 1.165) is 0 Å². The normalized spacial score (nSPS) is 26.6. The lowest BCUT2D eigenvalue weighted by Crippen LogP contribution is -3.07. The highest BCUT2D eigenvalue weighted by Crippen LogP contribution is 2.82. The second-order valence-corrected chi connectivity index (χ2v) is 20.1. The summed E-state index contributed by atoms with van der Waals surface area (Å²) in [5, 5.41) is 30.5. The van der Waals surface area contributed by atoms with Crippen LogP contribution in [0.4, 0.5) is 0 Å². The summed E-state index contributed by atoms with van der Waals surface area (Å²) in [6, 6.07) is 15.2. The topological polar surface area (TPSA) is 225 Å². The molecule has 3 aliphatic rings. The quantitative estimate of drug-likeness (QED) is 0.0591. The van der Waals surface area contributed by atoms with E-state index >= 15 is 10.2 Å². The Hall–Kier alpha value is -2.44. The van der Waals surface area contributed by atoms with Gasteiger partial charge in [-0.15, -0.1) is 0 Å². The van der Waals surface area contributed by atoms with Gasteiger partial charge in [-0.2, -0.15) is 0 Å². The van der Waals surface area contributed by atoms with Crippen LogP contribution in [0.5, 0.6) is 0 Å². The van der Waals surface area contributed by atoms with E-state index in [9.17, 15) is 0 Å². The standard InChI is InChI=1S/C65H110O22/c1-21-68-54(58(72-25-5,73-26-6)62(80-33-13,81-34-14)56(66,70-23-3)63(82-35-15,83-36-16)59(54,74-27-7)75-28-8)53(51-47-43-41-45-49(51)50-46-42-44-48-52(50)53)55(69-22-2)60(76-29-9,77-30-10)64(84-37-17,85-38-18)57(67,71-24-4)65(86-39-19,87-40-20)61(55,78-31-11)79-32-12/h41-48,66-67H,21-40H2,1-20H3. The lowest BCUT2D eigenvalue weighted by molar-refractivity contribution is -0.666. The molecule has 0 amide bonds. The summed E-state index contributed by atoms with van der Waals surface area (Å²) in [6.07, 6.45) is 0. The Morgan fingerprint density at radius 1 is 0.218 bits per heavy atom. The third-order valence-electron chi connectivity index (χ3n) is 16.4. The van der Waals surface area contributed by atoms with Crippen LogP contribution in [0.2, 0.25) is 0 Å². The van der Waals surface area contributed by atoms with Crippen molar-refractivity contribution < 1.29 is 105 Å². The average Bonchev–Trinajstić information content (AvgIpc) is 1.54. The highest BCUT2D eigenvalue weighted by molar-refractivity contribution is 5.85. The first-order valence-corrected chi connectivity index (χ1v) is 32.4. The van der Waals surface area contributed by atoms with E-state index in [2.05, 4.69) is 0 Å². The third kappa shape index (κ3) is 9.53. The van der Waals surface area contributed by atoms with Gasteiger partial charge in [0.25, 0.3) is 57.9 Å². The molecule has 5 rings (SSSR count). The summed E-state index contributed by atoms with van der Waals surface area (Å²) in [5.74, 6) is -30.1. The summed E-state index contributed by atoms with van der Waals surface area (Å²) >= 11 is 0. The Morgan fingerprint density at radius 2 is 0.379 bits per heavy atom. The first-order chi connectivity index (χ1) is 41.9. The lowest BCUT2D eigenvalue weighted by atomic mass is 9.40. The van der Waals surface area contributed by atoms with Crippen molar-refractivity contribution in [2.75, 3.05) is 132 Å². The second-order valence-electron chi connectivity index (χ2n) is 20.1. The molecule has 0 heterocycles. The molecule has 0 spiro atoms. The van der Waals surface area contributed by atoms with Gasteiger partial charge < -0.3 is 105 Å².